The number of nitro benzene ring substituents is 1. The smallest absolute Gasteiger partial charge is 0.269 e. The van der Waals surface area contributed by atoms with Gasteiger partial charge in [0.05, 0.1) is 16.8 Å². The third-order valence-corrected chi connectivity index (χ3v) is 6.91. The van der Waals surface area contributed by atoms with Gasteiger partial charge in [-0.3, -0.25) is 14.9 Å². The lowest BCUT2D eigenvalue weighted by Crippen LogP contribution is -2.32. The van der Waals surface area contributed by atoms with Crippen LogP contribution in [0.25, 0.3) is 11.5 Å². The highest BCUT2D eigenvalue weighted by atomic mass is 16.6. The van der Waals surface area contributed by atoms with E-state index < -0.39 is 4.92 Å². The molecule has 0 bridgehead atoms. The molecule has 3 aromatic rings. The SMILES string of the molecule is CC(=O)Nc1ccc(NC[C@@H]2C=C(C)[C@H](Cc3nnc(-c4ccc([N+](=O)[O-])cc4)o3)C[C@H]2C(C)C)cn1. The van der Waals surface area contributed by atoms with E-state index in [0.29, 0.717) is 53.3 Å². The molecule has 37 heavy (non-hydrogen) atoms. The Morgan fingerprint density at radius 3 is 2.57 bits per heavy atom. The molecule has 4 rings (SSSR count). The number of allylic oxidation sites excluding steroid dienone is 1. The Morgan fingerprint density at radius 2 is 1.95 bits per heavy atom. The van der Waals surface area contributed by atoms with Crippen LogP contribution in [0.1, 0.15) is 40.0 Å². The van der Waals surface area contributed by atoms with Gasteiger partial charge < -0.3 is 15.1 Å². The van der Waals surface area contributed by atoms with Crippen LogP contribution in [0.4, 0.5) is 17.2 Å². The zero-order valence-corrected chi connectivity index (χ0v) is 21.5. The summed E-state index contributed by atoms with van der Waals surface area (Å²) in [7, 11) is 0. The quantitative estimate of drug-likeness (QED) is 0.221. The molecule has 3 atom stereocenters. The molecule has 2 N–H and O–H groups in total. The monoisotopic (exact) mass is 504 g/mol. The van der Waals surface area contributed by atoms with E-state index in [2.05, 4.69) is 52.7 Å². The predicted molar refractivity (Wildman–Crippen MR) is 141 cm³/mol. The van der Waals surface area contributed by atoms with Crippen molar-refractivity contribution in [2.75, 3.05) is 17.2 Å². The third kappa shape index (κ3) is 6.58. The number of nitro groups is 1. The van der Waals surface area contributed by atoms with E-state index >= 15 is 0 Å². The minimum Gasteiger partial charge on any atom is -0.421 e. The van der Waals surface area contributed by atoms with Crippen LogP contribution in [0.3, 0.4) is 0 Å². The molecule has 0 unspecified atom stereocenters. The van der Waals surface area contributed by atoms with Gasteiger partial charge in [0.1, 0.15) is 5.82 Å². The van der Waals surface area contributed by atoms with Crippen molar-refractivity contribution in [3.8, 4) is 11.5 Å². The number of amides is 1. The maximum Gasteiger partial charge on any atom is 0.269 e. The Balaban J connectivity index is 1.41. The topological polar surface area (TPSA) is 136 Å². The molecular weight excluding hydrogens is 472 g/mol. The van der Waals surface area contributed by atoms with Gasteiger partial charge in [0.15, 0.2) is 0 Å². The van der Waals surface area contributed by atoms with Gasteiger partial charge in [-0.2, -0.15) is 0 Å². The maximum atomic E-state index is 11.2. The number of benzene rings is 1. The van der Waals surface area contributed by atoms with Crippen LogP contribution < -0.4 is 10.6 Å². The van der Waals surface area contributed by atoms with Crippen LogP contribution >= 0.6 is 0 Å². The molecule has 2 heterocycles. The molecule has 0 spiro atoms. The molecule has 10 heteroatoms. The molecule has 0 radical (unpaired) electrons. The van der Waals surface area contributed by atoms with Gasteiger partial charge in [0.25, 0.3) is 5.69 Å². The summed E-state index contributed by atoms with van der Waals surface area (Å²) in [6.45, 7) is 8.92. The number of non-ortho nitro benzene ring substituents is 1. The van der Waals surface area contributed by atoms with E-state index in [0.717, 1.165) is 18.7 Å². The van der Waals surface area contributed by atoms with E-state index in [1.54, 1.807) is 24.4 Å². The molecule has 1 aliphatic rings. The first-order chi connectivity index (χ1) is 17.7. The first-order valence-electron chi connectivity index (χ1n) is 12.4. The fourth-order valence-electron chi connectivity index (χ4n) is 4.89. The number of pyridine rings is 1. The fourth-order valence-corrected chi connectivity index (χ4v) is 4.89. The Labute approximate surface area is 215 Å². The second kappa shape index (κ2) is 11.3. The minimum atomic E-state index is -0.435. The van der Waals surface area contributed by atoms with Gasteiger partial charge in [0.2, 0.25) is 17.7 Å². The van der Waals surface area contributed by atoms with Crippen LogP contribution in [0.2, 0.25) is 0 Å². The number of anilines is 2. The number of rotatable bonds is 9. The van der Waals surface area contributed by atoms with Gasteiger partial charge >= 0.3 is 0 Å². The van der Waals surface area contributed by atoms with Gasteiger partial charge in [-0.05, 0) is 61.3 Å². The fraction of sp³-hybridized carbons (Fsp3) is 0.407. The molecule has 2 aromatic heterocycles. The van der Waals surface area contributed by atoms with Crippen molar-refractivity contribution in [2.45, 2.75) is 40.5 Å². The first kappa shape index (κ1) is 26.0. The standard InChI is InChI=1S/C27H32N6O4/c1-16(2)24-12-20(13-26-31-32-27(37-26)19-5-8-23(9-6-19)33(35)36)17(3)11-21(24)14-28-22-7-10-25(29-15-22)30-18(4)34/h5-11,15-16,20-21,24,28H,12-14H2,1-4H3,(H,29,30,34)/t20-,21-,24-/m0/s1. The van der Waals surface area contributed by atoms with Crippen LogP contribution in [0.15, 0.2) is 58.7 Å². The van der Waals surface area contributed by atoms with Crippen LogP contribution in [0.5, 0.6) is 0 Å². The zero-order valence-electron chi connectivity index (χ0n) is 21.5. The number of nitrogens with zero attached hydrogens (tertiary/aromatic N) is 4. The summed E-state index contributed by atoms with van der Waals surface area (Å²) in [4.78, 5) is 25.9. The number of hydrogen-bond acceptors (Lipinski definition) is 8. The van der Waals surface area contributed by atoms with E-state index in [4.69, 9.17) is 4.42 Å². The summed E-state index contributed by atoms with van der Waals surface area (Å²) < 4.78 is 5.92. The molecule has 0 saturated carbocycles. The molecule has 194 valence electrons. The van der Waals surface area contributed by atoms with Gasteiger partial charge in [-0.15, -0.1) is 10.2 Å². The van der Waals surface area contributed by atoms with Crippen molar-refractivity contribution in [3.63, 3.8) is 0 Å². The van der Waals surface area contributed by atoms with Crippen molar-refractivity contribution in [3.05, 3.63) is 70.2 Å². The van der Waals surface area contributed by atoms with E-state index in [9.17, 15) is 14.9 Å². The molecule has 1 aliphatic carbocycles. The minimum absolute atomic E-state index is 0.0218. The molecule has 0 saturated heterocycles. The van der Waals surface area contributed by atoms with Crippen LogP contribution in [-0.4, -0.2) is 32.6 Å². The highest BCUT2D eigenvalue weighted by Crippen LogP contribution is 2.39. The second-order valence-electron chi connectivity index (χ2n) is 9.92. The Hall–Kier alpha value is -4.08. The summed E-state index contributed by atoms with van der Waals surface area (Å²) in [6.07, 6.45) is 5.76. The van der Waals surface area contributed by atoms with Gasteiger partial charge in [0, 0.05) is 37.6 Å². The number of aromatic nitrogens is 3. The average molecular weight is 505 g/mol. The Bertz CT molecular complexity index is 1270. The number of hydrogen-bond donors (Lipinski definition) is 2. The number of nitrogens with one attached hydrogen (secondary N) is 2. The third-order valence-electron chi connectivity index (χ3n) is 6.91. The zero-order chi connectivity index (χ0) is 26.5. The number of carbonyl (C=O) groups is 1. The lowest BCUT2D eigenvalue weighted by atomic mass is 9.70. The molecule has 1 amide bonds. The molecule has 0 aliphatic heterocycles. The lowest BCUT2D eigenvalue weighted by molar-refractivity contribution is -0.384. The highest BCUT2D eigenvalue weighted by Gasteiger charge is 2.32. The Morgan fingerprint density at radius 1 is 1.19 bits per heavy atom. The number of carbonyl (C=O) groups excluding carboxylic acids is 1. The van der Waals surface area contributed by atoms with E-state index in [1.807, 2.05) is 6.07 Å². The van der Waals surface area contributed by atoms with Crippen LogP contribution in [0, 0.1) is 33.8 Å². The lowest BCUT2D eigenvalue weighted by Gasteiger charge is -2.37. The summed E-state index contributed by atoms with van der Waals surface area (Å²) in [5.41, 5.74) is 2.90. The Kier molecular flexibility index (Phi) is 7.95. The van der Waals surface area contributed by atoms with Crippen molar-refractivity contribution >= 4 is 23.1 Å². The van der Waals surface area contributed by atoms with Crippen molar-refractivity contribution in [1.29, 1.82) is 0 Å². The summed E-state index contributed by atoms with van der Waals surface area (Å²) >= 11 is 0. The normalized spacial score (nSPS) is 19.4. The highest BCUT2D eigenvalue weighted by molar-refractivity contribution is 5.87. The largest absolute Gasteiger partial charge is 0.421 e. The van der Waals surface area contributed by atoms with Gasteiger partial charge in [-0.25, -0.2) is 4.98 Å². The van der Waals surface area contributed by atoms with E-state index in [1.165, 1.54) is 24.6 Å². The summed E-state index contributed by atoms with van der Waals surface area (Å²) in [6, 6.07) is 9.82. The summed E-state index contributed by atoms with van der Waals surface area (Å²) in [5, 5.41) is 25.5. The van der Waals surface area contributed by atoms with Crippen molar-refractivity contribution in [2.24, 2.45) is 23.7 Å². The molecular formula is C27H32N6O4. The van der Waals surface area contributed by atoms with Crippen molar-refractivity contribution < 1.29 is 14.1 Å². The first-order valence-corrected chi connectivity index (χ1v) is 12.4. The second-order valence-corrected chi connectivity index (χ2v) is 9.92. The van der Waals surface area contributed by atoms with Crippen LogP contribution in [-0.2, 0) is 11.2 Å². The maximum absolute atomic E-state index is 11.2. The molecule has 0 fully saturated rings. The van der Waals surface area contributed by atoms with Gasteiger partial charge in [-0.1, -0.05) is 25.5 Å². The van der Waals surface area contributed by atoms with E-state index in [-0.39, 0.29) is 11.6 Å². The predicted octanol–water partition coefficient (Wildman–Crippen LogP) is 5.51. The average Bonchev–Trinajstić information content (AvgIpc) is 3.33. The summed E-state index contributed by atoms with van der Waals surface area (Å²) in [5.74, 6) is 2.96. The molecule has 1 aromatic carbocycles. The van der Waals surface area contributed by atoms with Crippen molar-refractivity contribution in [1.82, 2.24) is 15.2 Å². The molecule has 10 nitrogen and oxygen atoms in total.